The summed E-state index contributed by atoms with van der Waals surface area (Å²) in [5.74, 6) is 1.43. The third kappa shape index (κ3) is 4.89. The smallest absolute Gasteiger partial charge is 0.251 e. The van der Waals surface area contributed by atoms with Gasteiger partial charge in [-0.2, -0.15) is 0 Å². The normalized spacial score (nSPS) is 17.0. The highest BCUT2D eigenvalue weighted by Crippen LogP contribution is 2.30. The van der Waals surface area contributed by atoms with Crippen LogP contribution in [0.1, 0.15) is 24.1 Å². The summed E-state index contributed by atoms with van der Waals surface area (Å²) in [5.41, 5.74) is 3.70. The van der Waals surface area contributed by atoms with Crippen molar-refractivity contribution in [3.8, 4) is 11.5 Å². The van der Waals surface area contributed by atoms with Gasteiger partial charge in [0.1, 0.15) is 13.2 Å². The summed E-state index contributed by atoms with van der Waals surface area (Å²) in [6.45, 7) is 7.06. The molecule has 1 saturated heterocycles. The van der Waals surface area contributed by atoms with Crippen molar-refractivity contribution in [3.63, 3.8) is 0 Å². The van der Waals surface area contributed by atoms with Crippen LogP contribution in [0, 0.1) is 6.92 Å². The van der Waals surface area contributed by atoms with E-state index < -0.39 is 0 Å². The second kappa shape index (κ2) is 9.53. The Morgan fingerprint density at radius 2 is 1.85 bits per heavy atom. The van der Waals surface area contributed by atoms with Crippen molar-refractivity contribution in [2.75, 3.05) is 32.8 Å². The molecule has 0 bridgehead atoms. The number of piperidine rings is 1. The van der Waals surface area contributed by atoms with Gasteiger partial charge in [0.2, 0.25) is 0 Å². The molecule has 0 aliphatic carbocycles. The number of rotatable bonds is 6. The van der Waals surface area contributed by atoms with Gasteiger partial charge in [-0.25, -0.2) is 0 Å². The molecule has 5 rings (SSSR count). The molecule has 0 unspecified atom stereocenters. The molecule has 0 amide bonds. The summed E-state index contributed by atoms with van der Waals surface area (Å²) < 4.78 is 13.0. The summed E-state index contributed by atoms with van der Waals surface area (Å²) in [7, 11) is 6.41. The van der Waals surface area contributed by atoms with Crippen LogP contribution in [0.3, 0.4) is 0 Å². The maximum absolute atomic E-state index is 12.5. The lowest BCUT2D eigenvalue weighted by Gasteiger charge is -2.37. The summed E-state index contributed by atoms with van der Waals surface area (Å²) in [6.07, 6.45) is 5.51. The molecule has 3 aromatic heterocycles. The predicted octanol–water partition coefficient (Wildman–Crippen LogP) is 1.92. The van der Waals surface area contributed by atoms with Gasteiger partial charge in [0.05, 0.1) is 22.9 Å². The highest BCUT2D eigenvalue weighted by atomic mass is 16.6. The number of pyridine rings is 3. The highest BCUT2D eigenvalue weighted by Gasteiger charge is 2.23. The van der Waals surface area contributed by atoms with Crippen molar-refractivity contribution in [2.24, 2.45) is 0 Å². The maximum Gasteiger partial charge on any atom is 0.251 e. The molecule has 9 heteroatoms. The minimum Gasteiger partial charge on any atom is -0.486 e. The fourth-order valence-corrected chi connectivity index (χ4v) is 4.61. The van der Waals surface area contributed by atoms with Gasteiger partial charge in [-0.3, -0.25) is 14.8 Å². The van der Waals surface area contributed by atoms with E-state index in [1.807, 2.05) is 34.6 Å². The van der Waals surface area contributed by atoms with Crippen molar-refractivity contribution < 1.29 is 9.47 Å². The number of nitrogens with zero attached hydrogens (tertiary/aromatic N) is 5. The quantitative estimate of drug-likeness (QED) is 0.537. The zero-order chi connectivity index (χ0) is 22.8. The standard InChI is InChI=1S/C24H28BN5O3/c1-17-12-21-20(27-14-17)2-3-24(31)29(21)9-8-28-6-4-19(5-7-28)30(25)16-18-13-22-23(15-26-18)33-11-10-32-22/h2-3,12-15,19H,4-11,16H2,1H3. The minimum absolute atomic E-state index is 0.0184. The van der Waals surface area contributed by atoms with Crippen LogP contribution in [0.15, 0.2) is 41.5 Å². The zero-order valence-corrected chi connectivity index (χ0v) is 18.9. The molecular weight excluding hydrogens is 417 g/mol. The first-order valence-corrected chi connectivity index (χ1v) is 11.5. The summed E-state index contributed by atoms with van der Waals surface area (Å²) in [6, 6.07) is 7.65. The lowest BCUT2D eigenvalue weighted by atomic mass is 9.99. The van der Waals surface area contributed by atoms with E-state index in [1.165, 1.54) is 0 Å². The van der Waals surface area contributed by atoms with Gasteiger partial charge < -0.3 is 23.8 Å². The average Bonchev–Trinajstić information content (AvgIpc) is 2.83. The SMILES string of the molecule is [B]N(Cc1cc2c(cn1)OCCO2)C1CCN(CCn2c(=O)ccc3ncc(C)cc32)CC1. The first-order valence-electron chi connectivity index (χ1n) is 11.5. The summed E-state index contributed by atoms with van der Waals surface area (Å²) in [5, 5.41) is 0. The number of likely N-dealkylation sites (tertiary alicyclic amines) is 1. The topological polar surface area (TPSA) is 72.7 Å². The number of hydrogen-bond donors (Lipinski definition) is 0. The van der Waals surface area contributed by atoms with Crippen molar-refractivity contribution >= 4 is 19.0 Å². The van der Waals surface area contributed by atoms with Gasteiger partial charge in [0.25, 0.3) is 5.56 Å². The van der Waals surface area contributed by atoms with Crippen molar-refractivity contribution in [1.29, 1.82) is 0 Å². The van der Waals surface area contributed by atoms with E-state index in [4.69, 9.17) is 17.5 Å². The van der Waals surface area contributed by atoms with Crippen LogP contribution in [0.4, 0.5) is 0 Å². The van der Waals surface area contributed by atoms with Crippen molar-refractivity contribution in [2.45, 2.75) is 38.9 Å². The van der Waals surface area contributed by atoms with Crippen LogP contribution >= 0.6 is 0 Å². The Morgan fingerprint density at radius 1 is 1.06 bits per heavy atom. The monoisotopic (exact) mass is 445 g/mol. The third-order valence-electron chi connectivity index (χ3n) is 6.47. The van der Waals surface area contributed by atoms with Gasteiger partial charge in [0, 0.05) is 44.0 Å². The molecule has 2 aliphatic rings. The molecule has 0 atom stereocenters. The van der Waals surface area contributed by atoms with Gasteiger partial charge in [-0.05, 0) is 50.6 Å². The molecule has 33 heavy (non-hydrogen) atoms. The second-order valence-electron chi connectivity index (χ2n) is 8.80. The Morgan fingerprint density at radius 3 is 2.67 bits per heavy atom. The van der Waals surface area contributed by atoms with Crippen LogP contribution in [0.5, 0.6) is 11.5 Å². The van der Waals surface area contributed by atoms with Crippen LogP contribution in [-0.2, 0) is 13.1 Å². The lowest BCUT2D eigenvalue weighted by Crippen LogP contribution is -2.44. The average molecular weight is 445 g/mol. The Hall–Kier alpha value is -2.91. The molecule has 5 heterocycles. The zero-order valence-electron chi connectivity index (χ0n) is 18.9. The van der Waals surface area contributed by atoms with Crippen molar-refractivity contribution in [1.82, 2.24) is 24.2 Å². The molecule has 170 valence electrons. The number of ether oxygens (including phenoxy) is 2. The summed E-state index contributed by atoms with van der Waals surface area (Å²) in [4.78, 5) is 25.7. The van der Waals surface area contributed by atoms with Gasteiger partial charge in [0.15, 0.2) is 19.5 Å². The number of hydrogen-bond acceptors (Lipinski definition) is 7. The van der Waals surface area contributed by atoms with Crippen molar-refractivity contribution in [3.05, 3.63) is 58.3 Å². The molecule has 8 nitrogen and oxygen atoms in total. The molecule has 0 aromatic carbocycles. The predicted molar refractivity (Wildman–Crippen MR) is 127 cm³/mol. The van der Waals surface area contributed by atoms with Crippen LogP contribution < -0.4 is 15.0 Å². The van der Waals surface area contributed by atoms with E-state index >= 15 is 0 Å². The van der Waals surface area contributed by atoms with Gasteiger partial charge in [-0.1, -0.05) is 0 Å². The van der Waals surface area contributed by atoms with E-state index in [-0.39, 0.29) is 5.56 Å². The Labute approximate surface area is 194 Å². The lowest BCUT2D eigenvalue weighted by molar-refractivity contribution is 0.153. The number of aryl methyl sites for hydroxylation is 1. The van der Waals surface area contributed by atoms with Gasteiger partial charge >= 0.3 is 0 Å². The molecule has 2 aliphatic heterocycles. The Balaban J connectivity index is 1.16. The highest BCUT2D eigenvalue weighted by molar-refractivity contribution is 6.04. The first-order chi connectivity index (χ1) is 16.1. The number of aromatic nitrogens is 3. The van der Waals surface area contributed by atoms with E-state index in [1.54, 1.807) is 18.3 Å². The van der Waals surface area contributed by atoms with E-state index in [0.29, 0.717) is 38.1 Å². The van der Waals surface area contributed by atoms with Crippen LogP contribution in [-0.4, -0.2) is 71.1 Å². The molecule has 1 fully saturated rings. The molecule has 2 radical (unpaired) electrons. The second-order valence-corrected chi connectivity index (χ2v) is 8.80. The minimum atomic E-state index is 0.0184. The number of fused-ring (bicyclic) bond motifs is 2. The third-order valence-corrected chi connectivity index (χ3v) is 6.47. The Bertz CT molecular complexity index is 1190. The molecular formula is C24H28BN5O3. The van der Waals surface area contributed by atoms with E-state index in [0.717, 1.165) is 60.5 Å². The largest absolute Gasteiger partial charge is 0.486 e. The van der Waals surface area contributed by atoms with Gasteiger partial charge in [-0.15, -0.1) is 0 Å². The molecule has 0 saturated carbocycles. The maximum atomic E-state index is 12.5. The molecule has 0 spiro atoms. The fourth-order valence-electron chi connectivity index (χ4n) is 4.61. The molecule has 3 aromatic rings. The fraction of sp³-hybridized carbons (Fsp3) is 0.458. The van der Waals surface area contributed by atoms with E-state index in [2.05, 4.69) is 14.9 Å². The summed E-state index contributed by atoms with van der Waals surface area (Å²) >= 11 is 0. The first kappa shape index (κ1) is 21.9. The van der Waals surface area contributed by atoms with Crippen LogP contribution in [0.25, 0.3) is 11.0 Å². The molecule has 0 N–H and O–H groups in total. The Kier molecular flexibility index (Phi) is 6.33. The van der Waals surface area contributed by atoms with Crippen LogP contribution in [0.2, 0.25) is 0 Å². The van der Waals surface area contributed by atoms with E-state index in [9.17, 15) is 4.79 Å².